The fourth-order valence-corrected chi connectivity index (χ4v) is 4.05. The number of thiocarbonyl (C=S) groups is 1. The number of ether oxygens (including phenoxy) is 2. The van der Waals surface area contributed by atoms with Gasteiger partial charge >= 0.3 is 0 Å². The quantitative estimate of drug-likeness (QED) is 0.122. The molecule has 1 rings (SSSR count). The van der Waals surface area contributed by atoms with Crippen LogP contribution in [0.2, 0.25) is 0 Å². The molecule has 0 heterocycles. The van der Waals surface area contributed by atoms with Crippen LogP contribution in [0.4, 0.5) is 0 Å². The van der Waals surface area contributed by atoms with Crippen LogP contribution in [0, 0.1) is 0 Å². The van der Waals surface area contributed by atoms with Gasteiger partial charge in [0.2, 0.25) is 5.91 Å². The molecule has 1 amide bonds. The number of nitrogens with one attached hydrogen (secondary N) is 2. The molecule has 1 aromatic carbocycles. The van der Waals surface area contributed by atoms with Crippen molar-refractivity contribution in [3.63, 3.8) is 0 Å². The molecule has 0 unspecified atom stereocenters. The SMILES string of the molecule is CCCCCCCCCCCCCCCCNC(=S)NC(=O)/C=C/c1ccc(OC)c(OC)c1. The van der Waals surface area contributed by atoms with Crippen molar-refractivity contribution < 1.29 is 14.3 Å². The van der Waals surface area contributed by atoms with Crippen molar-refractivity contribution in [1.82, 2.24) is 10.6 Å². The summed E-state index contributed by atoms with van der Waals surface area (Å²) in [6, 6.07) is 5.48. The van der Waals surface area contributed by atoms with Crippen LogP contribution < -0.4 is 20.1 Å². The largest absolute Gasteiger partial charge is 0.493 e. The van der Waals surface area contributed by atoms with Gasteiger partial charge in [-0.25, -0.2) is 0 Å². The number of rotatable bonds is 19. The summed E-state index contributed by atoms with van der Waals surface area (Å²) in [5.41, 5.74) is 0.842. The van der Waals surface area contributed by atoms with Crippen LogP contribution in [0.25, 0.3) is 6.08 Å². The van der Waals surface area contributed by atoms with Crippen LogP contribution >= 0.6 is 12.2 Å². The summed E-state index contributed by atoms with van der Waals surface area (Å²) in [4.78, 5) is 12.1. The zero-order chi connectivity index (χ0) is 24.9. The lowest BCUT2D eigenvalue weighted by Crippen LogP contribution is -2.38. The van der Waals surface area contributed by atoms with Crippen molar-refractivity contribution in [2.75, 3.05) is 20.8 Å². The highest BCUT2D eigenvalue weighted by atomic mass is 32.1. The van der Waals surface area contributed by atoms with Gasteiger partial charge in [0.05, 0.1) is 14.2 Å². The van der Waals surface area contributed by atoms with Crippen LogP contribution in [-0.2, 0) is 4.79 Å². The van der Waals surface area contributed by atoms with Crippen molar-refractivity contribution in [1.29, 1.82) is 0 Å². The van der Waals surface area contributed by atoms with Gasteiger partial charge in [-0.3, -0.25) is 10.1 Å². The maximum Gasteiger partial charge on any atom is 0.250 e. The predicted molar refractivity (Wildman–Crippen MR) is 148 cm³/mol. The van der Waals surface area contributed by atoms with E-state index in [4.69, 9.17) is 21.7 Å². The smallest absolute Gasteiger partial charge is 0.250 e. The van der Waals surface area contributed by atoms with Gasteiger partial charge in [-0.15, -0.1) is 0 Å². The average Bonchev–Trinajstić information content (AvgIpc) is 2.84. The average molecular weight is 491 g/mol. The van der Waals surface area contributed by atoms with Gasteiger partial charge in [-0.2, -0.15) is 0 Å². The molecule has 0 fully saturated rings. The van der Waals surface area contributed by atoms with E-state index in [0.29, 0.717) is 16.6 Å². The van der Waals surface area contributed by atoms with Gasteiger partial charge in [-0.1, -0.05) is 96.5 Å². The number of benzene rings is 1. The first-order valence-corrected chi connectivity index (χ1v) is 13.5. The summed E-state index contributed by atoms with van der Waals surface area (Å²) in [7, 11) is 3.17. The van der Waals surface area contributed by atoms with E-state index < -0.39 is 0 Å². The molecule has 0 atom stereocenters. The zero-order valence-electron chi connectivity index (χ0n) is 21.6. The lowest BCUT2D eigenvalue weighted by Gasteiger charge is -2.08. The minimum Gasteiger partial charge on any atom is -0.493 e. The lowest BCUT2D eigenvalue weighted by molar-refractivity contribution is -0.115. The summed E-state index contributed by atoms with van der Waals surface area (Å²) in [5, 5.41) is 6.18. The summed E-state index contributed by atoms with van der Waals surface area (Å²) >= 11 is 5.22. The van der Waals surface area contributed by atoms with Crippen molar-refractivity contribution >= 4 is 29.3 Å². The second-order valence-corrected chi connectivity index (χ2v) is 9.20. The van der Waals surface area contributed by atoms with Crippen LogP contribution in [0.5, 0.6) is 11.5 Å². The molecule has 34 heavy (non-hydrogen) atoms. The van der Waals surface area contributed by atoms with Crippen LogP contribution in [0.1, 0.15) is 102 Å². The Balaban J connectivity index is 2.01. The molecule has 0 aliphatic heterocycles. The molecule has 1 aromatic rings. The second kappa shape index (κ2) is 20.3. The van der Waals surface area contributed by atoms with E-state index >= 15 is 0 Å². The maximum absolute atomic E-state index is 12.1. The Morgan fingerprint density at radius 1 is 0.824 bits per heavy atom. The fourth-order valence-electron chi connectivity index (χ4n) is 3.85. The normalized spacial score (nSPS) is 10.9. The van der Waals surface area contributed by atoms with Crippen molar-refractivity contribution in [2.24, 2.45) is 0 Å². The monoisotopic (exact) mass is 490 g/mol. The number of methoxy groups -OCH3 is 2. The minimum atomic E-state index is -0.256. The molecule has 0 aliphatic carbocycles. The van der Waals surface area contributed by atoms with E-state index in [9.17, 15) is 4.79 Å². The van der Waals surface area contributed by atoms with Gasteiger partial charge in [-0.05, 0) is 42.4 Å². The third-order valence-corrected chi connectivity index (χ3v) is 6.13. The number of carbonyl (C=O) groups excluding carboxylic acids is 1. The van der Waals surface area contributed by atoms with Gasteiger partial charge in [0.1, 0.15) is 0 Å². The number of hydrogen-bond acceptors (Lipinski definition) is 4. The summed E-state index contributed by atoms with van der Waals surface area (Å²) < 4.78 is 10.5. The Kier molecular flexibility index (Phi) is 17.9. The zero-order valence-corrected chi connectivity index (χ0v) is 22.4. The molecule has 0 aromatic heterocycles. The Morgan fingerprint density at radius 3 is 1.88 bits per heavy atom. The number of unbranched alkanes of at least 4 members (excludes halogenated alkanes) is 13. The topological polar surface area (TPSA) is 59.6 Å². The van der Waals surface area contributed by atoms with E-state index in [-0.39, 0.29) is 5.91 Å². The number of carbonyl (C=O) groups is 1. The molecule has 0 saturated heterocycles. The van der Waals surface area contributed by atoms with E-state index in [1.807, 2.05) is 12.1 Å². The highest BCUT2D eigenvalue weighted by Crippen LogP contribution is 2.27. The summed E-state index contributed by atoms with van der Waals surface area (Å²) in [6.07, 6.45) is 22.0. The first kappa shape index (κ1) is 30.0. The van der Waals surface area contributed by atoms with Crippen LogP contribution in [0.15, 0.2) is 24.3 Å². The molecule has 0 saturated carbocycles. The molecule has 0 aliphatic rings. The van der Waals surface area contributed by atoms with E-state index in [1.165, 1.54) is 89.5 Å². The Labute approximate surface area is 213 Å². The minimum absolute atomic E-state index is 0.256. The molecule has 6 heteroatoms. The fraction of sp³-hybridized carbons (Fsp3) is 0.643. The Hall–Kier alpha value is -2.08. The summed E-state index contributed by atoms with van der Waals surface area (Å²) in [5.74, 6) is 1.02. The Bertz CT molecular complexity index is 722. The molecule has 0 bridgehead atoms. The predicted octanol–water partition coefficient (Wildman–Crippen LogP) is 7.19. The van der Waals surface area contributed by atoms with Crippen LogP contribution in [0.3, 0.4) is 0 Å². The number of amides is 1. The molecule has 2 N–H and O–H groups in total. The molecule has 5 nitrogen and oxygen atoms in total. The van der Waals surface area contributed by atoms with Crippen LogP contribution in [-0.4, -0.2) is 31.8 Å². The summed E-state index contributed by atoms with van der Waals surface area (Å²) in [6.45, 7) is 3.06. The van der Waals surface area contributed by atoms with E-state index in [0.717, 1.165) is 18.5 Å². The van der Waals surface area contributed by atoms with Gasteiger partial charge in [0.25, 0.3) is 0 Å². The second-order valence-electron chi connectivity index (χ2n) is 8.79. The van der Waals surface area contributed by atoms with Crippen molar-refractivity contribution in [3.8, 4) is 11.5 Å². The van der Waals surface area contributed by atoms with Gasteiger partial charge in [0, 0.05) is 12.6 Å². The third-order valence-electron chi connectivity index (χ3n) is 5.89. The third kappa shape index (κ3) is 14.9. The first-order chi connectivity index (χ1) is 16.6. The van der Waals surface area contributed by atoms with E-state index in [2.05, 4.69) is 17.6 Å². The lowest BCUT2D eigenvalue weighted by atomic mass is 10.0. The van der Waals surface area contributed by atoms with E-state index in [1.54, 1.807) is 26.4 Å². The highest BCUT2D eigenvalue weighted by Gasteiger charge is 2.04. The van der Waals surface area contributed by atoms with Crippen molar-refractivity contribution in [2.45, 2.75) is 96.8 Å². The highest BCUT2D eigenvalue weighted by molar-refractivity contribution is 7.80. The standard InChI is InChI=1S/C28H46N2O3S/c1-4-5-6-7-8-9-10-11-12-13-14-15-16-17-22-29-28(34)30-27(31)21-19-24-18-20-25(32-2)26(23-24)33-3/h18-21,23H,4-17,22H2,1-3H3,(H2,29,30,31,34)/b21-19+. The van der Waals surface area contributed by atoms with Crippen molar-refractivity contribution in [3.05, 3.63) is 29.8 Å². The van der Waals surface area contributed by atoms with Gasteiger partial charge < -0.3 is 14.8 Å². The maximum atomic E-state index is 12.1. The Morgan fingerprint density at radius 2 is 1.35 bits per heavy atom. The first-order valence-electron chi connectivity index (χ1n) is 13.1. The molecule has 0 spiro atoms. The van der Waals surface area contributed by atoms with Gasteiger partial charge in [0.15, 0.2) is 16.6 Å². The molecular formula is C28H46N2O3S. The molecular weight excluding hydrogens is 444 g/mol. The molecule has 0 radical (unpaired) electrons. The molecule has 192 valence electrons. The number of hydrogen-bond donors (Lipinski definition) is 2.